The highest BCUT2D eigenvalue weighted by Crippen LogP contribution is 2.23. The van der Waals surface area contributed by atoms with Crippen molar-refractivity contribution in [2.45, 2.75) is 39.3 Å². The molecule has 2 unspecified atom stereocenters. The van der Waals surface area contributed by atoms with Crippen molar-refractivity contribution in [1.29, 1.82) is 0 Å². The van der Waals surface area contributed by atoms with E-state index in [4.69, 9.17) is 5.73 Å². The Labute approximate surface area is 94.6 Å². The first-order chi connectivity index (χ1) is 6.82. The summed E-state index contributed by atoms with van der Waals surface area (Å²) in [6, 6.07) is 0.723. The zero-order valence-corrected chi connectivity index (χ0v) is 11.0. The van der Waals surface area contributed by atoms with Crippen molar-refractivity contribution in [3.05, 3.63) is 0 Å². The maximum atomic E-state index is 6.38. The Balaban J connectivity index is 2.71. The molecule has 2 N–H and O–H groups in total. The molecular formula is C12H27N3. The monoisotopic (exact) mass is 213 g/mol. The molecule has 3 nitrogen and oxygen atoms in total. The molecule has 1 fully saturated rings. The van der Waals surface area contributed by atoms with Crippen molar-refractivity contribution in [2.24, 2.45) is 11.1 Å². The van der Waals surface area contributed by atoms with Crippen molar-refractivity contribution in [2.75, 3.05) is 33.7 Å². The van der Waals surface area contributed by atoms with E-state index >= 15 is 0 Å². The molecule has 1 aliphatic rings. The molecule has 0 saturated carbocycles. The van der Waals surface area contributed by atoms with E-state index in [1.54, 1.807) is 0 Å². The molecule has 0 aliphatic carbocycles. The van der Waals surface area contributed by atoms with E-state index in [2.05, 4.69) is 44.7 Å². The van der Waals surface area contributed by atoms with Crippen LogP contribution in [-0.2, 0) is 0 Å². The number of rotatable bonds is 1. The highest BCUT2D eigenvalue weighted by molar-refractivity contribution is 4.91. The molecule has 0 bridgehead atoms. The summed E-state index contributed by atoms with van der Waals surface area (Å²) in [6.45, 7) is 10.1. The minimum Gasteiger partial charge on any atom is -0.326 e. The highest BCUT2D eigenvalue weighted by atomic mass is 15.2. The fourth-order valence-electron chi connectivity index (χ4n) is 2.27. The Kier molecular flexibility index (Phi) is 4.15. The molecule has 1 saturated heterocycles. The molecule has 1 rings (SSSR count). The summed E-state index contributed by atoms with van der Waals surface area (Å²) in [5.74, 6) is 0. The third-order valence-corrected chi connectivity index (χ3v) is 3.53. The third kappa shape index (κ3) is 3.44. The summed E-state index contributed by atoms with van der Waals surface area (Å²) in [5.41, 5.74) is 6.56. The van der Waals surface area contributed by atoms with E-state index in [-0.39, 0.29) is 11.5 Å². The van der Waals surface area contributed by atoms with Gasteiger partial charge in [0.15, 0.2) is 0 Å². The Morgan fingerprint density at radius 1 is 1.20 bits per heavy atom. The average Bonchev–Trinajstić information content (AvgIpc) is 2.25. The van der Waals surface area contributed by atoms with Gasteiger partial charge in [-0.2, -0.15) is 0 Å². The molecule has 0 aromatic heterocycles. The van der Waals surface area contributed by atoms with Gasteiger partial charge in [0.25, 0.3) is 0 Å². The van der Waals surface area contributed by atoms with Gasteiger partial charge in [-0.15, -0.1) is 0 Å². The molecule has 0 aromatic carbocycles. The Morgan fingerprint density at radius 3 is 2.33 bits per heavy atom. The van der Waals surface area contributed by atoms with Gasteiger partial charge >= 0.3 is 0 Å². The van der Waals surface area contributed by atoms with E-state index in [9.17, 15) is 0 Å². The number of hydrogen-bond acceptors (Lipinski definition) is 3. The Morgan fingerprint density at radius 2 is 1.80 bits per heavy atom. The Bertz CT molecular complexity index is 198. The second kappa shape index (κ2) is 4.81. The average molecular weight is 213 g/mol. The number of nitrogens with zero attached hydrogens (tertiary/aromatic N) is 2. The molecule has 15 heavy (non-hydrogen) atoms. The zero-order chi connectivity index (χ0) is 11.6. The van der Waals surface area contributed by atoms with E-state index in [1.165, 1.54) is 19.5 Å². The predicted molar refractivity (Wildman–Crippen MR) is 66.0 cm³/mol. The van der Waals surface area contributed by atoms with Gasteiger partial charge in [-0.3, -0.25) is 0 Å². The summed E-state index contributed by atoms with van der Waals surface area (Å²) in [7, 11) is 4.40. The van der Waals surface area contributed by atoms with Crippen LogP contribution in [0.2, 0.25) is 0 Å². The molecule has 0 aromatic rings. The summed E-state index contributed by atoms with van der Waals surface area (Å²) in [5, 5.41) is 0. The van der Waals surface area contributed by atoms with Gasteiger partial charge in [0, 0.05) is 18.6 Å². The summed E-state index contributed by atoms with van der Waals surface area (Å²) in [4.78, 5) is 4.83. The molecule has 3 heteroatoms. The third-order valence-electron chi connectivity index (χ3n) is 3.53. The van der Waals surface area contributed by atoms with Crippen LogP contribution in [-0.4, -0.2) is 55.6 Å². The molecule has 2 atom stereocenters. The van der Waals surface area contributed by atoms with Crippen LogP contribution in [0.1, 0.15) is 27.2 Å². The SMILES string of the molecule is CN1CCCN(C)C(C(N)C(C)(C)C)C1. The standard InChI is InChI=1S/C12H27N3/c1-12(2,3)11(13)10-9-14(4)7-6-8-15(10)5/h10-11H,6-9,13H2,1-5H3. The fraction of sp³-hybridized carbons (Fsp3) is 1.00. The van der Waals surface area contributed by atoms with Crippen LogP contribution in [0, 0.1) is 5.41 Å². The van der Waals surface area contributed by atoms with Gasteiger partial charge in [0.2, 0.25) is 0 Å². The van der Waals surface area contributed by atoms with Crippen molar-refractivity contribution in [3.8, 4) is 0 Å². The van der Waals surface area contributed by atoms with Crippen LogP contribution in [0.3, 0.4) is 0 Å². The van der Waals surface area contributed by atoms with Gasteiger partial charge in [0.1, 0.15) is 0 Å². The lowest BCUT2D eigenvalue weighted by Crippen LogP contribution is -2.55. The summed E-state index contributed by atoms with van der Waals surface area (Å²) < 4.78 is 0. The molecular weight excluding hydrogens is 186 g/mol. The lowest BCUT2D eigenvalue weighted by molar-refractivity contribution is 0.137. The van der Waals surface area contributed by atoms with Gasteiger partial charge in [-0.25, -0.2) is 0 Å². The first kappa shape index (κ1) is 12.9. The summed E-state index contributed by atoms with van der Waals surface area (Å²) in [6.07, 6.45) is 1.25. The predicted octanol–water partition coefficient (Wildman–Crippen LogP) is 0.996. The van der Waals surface area contributed by atoms with Crippen LogP contribution in [0.25, 0.3) is 0 Å². The lowest BCUT2D eigenvalue weighted by atomic mass is 9.82. The van der Waals surface area contributed by atoms with E-state index in [1.807, 2.05) is 0 Å². The number of hydrogen-bond donors (Lipinski definition) is 1. The second-order valence-electron chi connectivity index (χ2n) is 6.06. The van der Waals surface area contributed by atoms with E-state index in [0.717, 1.165) is 6.54 Å². The minimum absolute atomic E-state index is 0.185. The molecule has 0 radical (unpaired) electrons. The molecule has 90 valence electrons. The van der Waals surface area contributed by atoms with Crippen molar-refractivity contribution < 1.29 is 0 Å². The molecule has 1 aliphatic heterocycles. The Hall–Kier alpha value is -0.120. The molecule has 1 heterocycles. The van der Waals surface area contributed by atoms with Crippen molar-refractivity contribution in [3.63, 3.8) is 0 Å². The summed E-state index contributed by atoms with van der Waals surface area (Å²) >= 11 is 0. The number of nitrogens with two attached hydrogens (primary N) is 1. The largest absolute Gasteiger partial charge is 0.326 e. The lowest BCUT2D eigenvalue weighted by Gasteiger charge is -2.39. The van der Waals surface area contributed by atoms with Crippen LogP contribution in [0.15, 0.2) is 0 Å². The zero-order valence-electron chi connectivity index (χ0n) is 11.0. The second-order valence-corrected chi connectivity index (χ2v) is 6.06. The van der Waals surface area contributed by atoms with Crippen LogP contribution >= 0.6 is 0 Å². The van der Waals surface area contributed by atoms with E-state index in [0.29, 0.717) is 6.04 Å². The van der Waals surface area contributed by atoms with Gasteiger partial charge in [-0.05, 0) is 39.0 Å². The molecule has 0 amide bonds. The van der Waals surface area contributed by atoms with Gasteiger partial charge < -0.3 is 15.5 Å². The van der Waals surface area contributed by atoms with Crippen molar-refractivity contribution >= 4 is 0 Å². The topological polar surface area (TPSA) is 32.5 Å². The fourth-order valence-corrected chi connectivity index (χ4v) is 2.27. The first-order valence-corrected chi connectivity index (χ1v) is 5.96. The van der Waals surface area contributed by atoms with Crippen LogP contribution in [0.5, 0.6) is 0 Å². The maximum absolute atomic E-state index is 6.38. The van der Waals surface area contributed by atoms with Crippen LogP contribution in [0.4, 0.5) is 0 Å². The highest BCUT2D eigenvalue weighted by Gasteiger charge is 2.33. The smallest absolute Gasteiger partial charge is 0.0376 e. The van der Waals surface area contributed by atoms with Crippen LogP contribution < -0.4 is 5.73 Å². The van der Waals surface area contributed by atoms with Gasteiger partial charge in [0.05, 0.1) is 0 Å². The van der Waals surface area contributed by atoms with E-state index < -0.39 is 0 Å². The minimum atomic E-state index is 0.185. The quantitative estimate of drug-likeness (QED) is 0.705. The molecule has 0 spiro atoms. The van der Waals surface area contributed by atoms with Crippen molar-refractivity contribution in [1.82, 2.24) is 9.80 Å². The van der Waals surface area contributed by atoms with Gasteiger partial charge in [-0.1, -0.05) is 20.8 Å². The first-order valence-electron chi connectivity index (χ1n) is 5.96. The normalized spacial score (nSPS) is 28.8. The maximum Gasteiger partial charge on any atom is 0.0376 e. The number of likely N-dealkylation sites (N-methyl/N-ethyl adjacent to an activating group) is 2.